The van der Waals surface area contributed by atoms with E-state index in [0.29, 0.717) is 0 Å². The highest BCUT2D eigenvalue weighted by Crippen LogP contribution is 2.33. The van der Waals surface area contributed by atoms with Gasteiger partial charge >= 0.3 is 0 Å². The Morgan fingerprint density at radius 1 is 1.38 bits per heavy atom. The molecule has 134 valence electrons. The van der Waals surface area contributed by atoms with Gasteiger partial charge in [0.25, 0.3) is 5.69 Å². The van der Waals surface area contributed by atoms with Crippen molar-refractivity contribution in [2.45, 2.75) is 26.3 Å². The number of sulfonamides is 1. The number of nitrogens with zero attached hydrogens (tertiary/aromatic N) is 2. The number of nitro groups is 1. The Morgan fingerprint density at radius 2 is 1.96 bits per heavy atom. The Balaban J connectivity index is 3.34. The van der Waals surface area contributed by atoms with Gasteiger partial charge in [-0.1, -0.05) is 0 Å². The van der Waals surface area contributed by atoms with Crippen LogP contribution in [-0.2, 0) is 14.8 Å². The first kappa shape index (κ1) is 19.7. The van der Waals surface area contributed by atoms with E-state index in [9.17, 15) is 23.3 Å². The van der Waals surface area contributed by atoms with Crippen LogP contribution in [0.15, 0.2) is 18.2 Å². The molecule has 10 heteroatoms. The summed E-state index contributed by atoms with van der Waals surface area (Å²) in [4.78, 5) is 22.4. The van der Waals surface area contributed by atoms with Gasteiger partial charge in [-0.3, -0.25) is 19.2 Å². The first-order valence-corrected chi connectivity index (χ1v) is 8.81. The van der Waals surface area contributed by atoms with Gasteiger partial charge in [0.2, 0.25) is 15.9 Å². The molecule has 1 rings (SSSR count). The van der Waals surface area contributed by atoms with E-state index in [1.807, 2.05) is 0 Å². The fourth-order valence-electron chi connectivity index (χ4n) is 1.96. The molecule has 24 heavy (non-hydrogen) atoms. The first-order chi connectivity index (χ1) is 10.8. The number of benzene rings is 1. The quantitative estimate of drug-likeness (QED) is 0.604. The third-order valence-corrected chi connectivity index (χ3v) is 3.97. The number of amides is 1. The van der Waals surface area contributed by atoms with Gasteiger partial charge in [-0.15, -0.1) is 0 Å². The molecule has 0 atom stereocenters. The molecule has 0 heterocycles. The van der Waals surface area contributed by atoms with E-state index in [4.69, 9.17) is 4.74 Å². The number of non-ortho nitro benzene ring substituents is 1. The van der Waals surface area contributed by atoms with Crippen LogP contribution in [0.2, 0.25) is 0 Å². The summed E-state index contributed by atoms with van der Waals surface area (Å²) in [5.74, 6) is -0.434. The molecule has 0 radical (unpaired) electrons. The number of carbonyl (C=O) groups is 1. The molecule has 0 aliphatic rings. The van der Waals surface area contributed by atoms with Crippen LogP contribution in [0.3, 0.4) is 0 Å². The average Bonchev–Trinajstić information content (AvgIpc) is 2.41. The fraction of sp³-hybridized carbons (Fsp3) is 0.500. The van der Waals surface area contributed by atoms with Crippen molar-refractivity contribution >= 4 is 27.3 Å². The lowest BCUT2D eigenvalue weighted by Crippen LogP contribution is -2.47. The van der Waals surface area contributed by atoms with Gasteiger partial charge in [0.1, 0.15) is 18.0 Å². The van der Waals surface area contributed by atoms with E-state index >= 15 is 0 Å². The second-order valence-corrected chi connectivity index (χ2v) is 8.09. The standard InChI is InChI=1S/C14H21N3O6S/c1-14(2,3)15-13(18)9-16(24(5,21)22)11-8-10(17(19)20)6-7-12(11)23-4/h6-8H,9H2,1-5H3,(H,15,18). The number of ether oxygens (including phenoxy) is 1. The van der Waals surface area contributed by atoms with Crippen molar-refractivity contribution in [3.63, 3.8) is 0 Å². The molecule has 9 nitrogen and oxygen atoms in total. The third kappa shape index (κ3) is 5.37. The Kier molecular flexibility index (Phi) is 5.77. The van der Waals surface area contributed by atoms with Crippen molar-refractivity contribution in [3.05, 3.63) is 28.3 Å². The van der Waals surface area contributed by atoms with Crippen LogP contribution >= 0.6 is 0 Å². The van der Waals surface area contributed by atoms with Crippen molar-refractivity contribution in [1.82, 2.24) is 5.32 Å². The van der Waals surface area contributed by atoms with Gasteiger partial charge in [0.15, 0.2) is 0 Å². The second kappa shape index (κ2) is 7.04. The number of hydrogen-bond donors (Lipinski definition) is 1. The maximum Gasteiger partial charge on any atom is 0.271 e. The highest BCUT2D eigenvalue weighted by atomic mass is 32.2. The molecule has 1 N–H and O–H groups in total. The predicted octanol–water partition coefficient (Wildman–Crippen LogP) is 1.28. The topological polar surface area (TPSA) is 119 Å². The zero-order chi connectivity index (χ0) is 18.7. The molecule has 1 amide bonds. The number of methoxy groups -OCH3 is 1. The normalized spacial score (nSPS) is 11.7. The van der Waals surface area contributed by atoms with E-state index in [2.05, 4.69) is 5.32 Å². The molecule has 1 aromatic rings. The number of hydrogen-bond acceptors (Lipinski definition) is 6. The van der Waals surface area contributed by atoms with Gasteiger partial charge in [0.05, 0.1) is 18.3 Å². The van der Waals surface area contributed by atoms with E-state index < -0.39 is 32.9 Å². The molecule has 0 fully saturated rings. The minimum absolute atomic E-state index is 0.0711. The van der Waals surface area contributed by atoms with Crippen molar-refractivity contribution in [3.8, 4) is 5.75 Å². The summed E-state index contributed by atoms with van der Waals surface area (Å²) < 4.78 is 30.1. The number of rotatable bonds is 6. The minimum Gasteiger partial charge on any atom is -0.495 e. The lowest BCUT2D eigenvalue weighted by Gasteiger charge is -2.26. The summed E-state index contributed by atoms with van der Waals surface area (Å²) in [6.07, 6.45) is 0.912. The number of anilines is 1. The van der Waals surface area contributed by atoms with E-state index in [1.54, 1.807) is 20.8 Å². The molecular formula is C14H21N3O6S. The summed E-state index contributed by atoms with van der Waals surface area (Å²) in [6.45, 7) is 4.74. The molecular weight excluding hydrogens is 338 g/mol. The third-order valence-electron chi connectivity index (χ3n) is 2.84. The fourth-order valence-corrected chi connectivity index (χ4v) is 2.81. The van der Waals surface area contributed by atoms with Gasteiger partial charge in [-0.2, -0.15) is 0 Å². The maximum atomic E-state index is 12.1. The molecule has 0 spiro atoms. The molecule has 0 aromatic heterocycles. The number of nitro benzene ring substituents is 1. The maximum absolute atomic E-state index is 12.1. The summed E-state index contributed by atoms with van der Waals surface area (Å²) in [7, 11) is -2.57. The highest BCUT2D eigenvalue weighted by molar-refractivity contribution is 7.92. The molecule has 0 bridgehead atoms. The minimum atomic E-state index is -3.87. The molecule has 1 aromatic carbocycles. The summed E-state index contributed by atoms with van der Waals surface area (Å²) in [5, 5.41) is 13.6. The molecule has 0 saturated carbocycles. The Hall–Kier alpha value is -2.36. The Bertz CT molecular complexity index is 739. The van der Waals surface area contributed by atoms with Crippen LogP contribution < -0.4 is 14.4 Å². The van der Waals surface area contributed by atoms with Crippen LogP contribution in [0.4, 0.5) is 11.4 Å². The van der Waals surface area contributed by atoms with Crippen molar-refractivity contribution < 1.29 is 22.9 Å². The summed E-state index contributed by atoms with van der Waals surface area (Å²) in [6, 6.07) is 3.54. The zero-order valence-corrected chi connectivity index (χ0v) is 15.0. The lowest BCUT2D eigenvalue weighted by atomic mass is 10.1. The summed E-state index contributed by atoms with van der Waals surface area (Å²) >= 11 is 0. The SMILES string of the molecule is COc1ccc([N+](=O)[O-])cc1N(CC(=O)NC(C)(C)C)S(C)(=O)=O. The monoisotopic (exact) mass is 359 g/mol. The number of carbonyl (C=O) groups excluding carboxylic acids is 1. The smallest absolute Gasteiger partial charge is 0.271 e. The zero-order valence-electron chi connectivity index (χ0n) is 14.2. The molecule has 0 unspecified atom stereocenters. The first-order valence-electron chi connectivity index (χ1n) is 6.96. The van der Waals surface area contributed by atoms with Crippen molar-refractivity contribution in [2.75, 3.05) is 24.2 Å². The van der Waals surface area contributed by atoms with E-state index in [-0.39, 0.29) is 17.1 Å². The van der Waals surface area contributed by atoms with Crippen molar-refractivity contribution in [1.29, 1.82) is 0 Å². The van der Waals surface area contributed by atoms with Crippen LogP contribution in [-0.4, -0.2) is 44.7 Å². The van der Waals surface area contributed by atoms with E-state index in [1.165, 1.54) is 19.2 Å². The largest absolute Gasteiger partial charge is 0.495 e. The van der Waals surface area contributed by atoms with Crippen molar-refractivity contribution in [2.24, 2.45) is 0 Å². The second-order valence-electron chi connectivity index (χ2n) is 6.18. The van der Waals surface area contributed by atoms with Gasteiger partial charge < -0.3 is 10.1 Å². The Labute approximate surface area is 140 Å². The highest BCUT2D eigenvalue weighted by Gasteiger charge is 2.27. The summed E-state index contributed by atoms with van der Waals surface area (Å²) in [5.41, 5.74) is -0.929. The lowest BCUT2D eigenvalue weighted by molar-refractivity contribution is -0.384. The van der Waals surface area contributed by atoms with Gasteiger partial charge in [0, 0.05) is 17.7 Å². The van der Waals surface area contributed by atoms with Crippen LogP contribution in [0, 0.1) is 10.1 Å². The molecule has 0 aliphatic heterocycles. The van der Waals surface area contributed by atoms with Crippen LogP contribution in [0.5, 0.6) is 5.75 Å². The van der Waals surface area contributed by atoms with Gasteiger partial charge in [-0.05, 0) is 26.8 Å². The average molecular weight is 359 g/mol. The van der Waals surface area contributed by atoms with E-state index in [0.717, 1.165) is 16.6 Å². The Morgan fingerprint density at radius 3 is 2.38 bits per heavy atom. The van der Waals surface area contributed by atoms with Crippen LogP contribution in [0.25, 0.3) is 0 Å². The predicted molar refractivity (Wildman–Crippen MR) is 89.7 cm³/mol. The molecule has 0 saturated heterocycles. The van der Waals surface area contributed by atoms with Gasteiger partial charge in [-0.25, -0.2) is 8.42 Å². The molecule has 0 aliphatic carbocycles. The number of nitrogens with one attached hydrogen (secondary N) is 1. The van der Waals surface area contributed by atoms with Crippen LogP contribution in [0.1, 0.15) is 20.8 Å².